The van der Waals surface area contributed by atoms with E-state index < -0.39 is 10.0 Å². The summed E-state index contributed by atoms with van der Waals surface area (Å²) < 4.78 is 31.3. The number of hydrogen-bond acceptors (Lipinski definition) is 5. The molecule has 0 bridgehead atoms. The minimum absolute atomic E-state index is 0.0844. The quantitative estimate of drug-likeness (QED) is 0.887. The van der Waals surface area contributed by atoms with E-state index in [0.717, 1.165) is 11.3 Å². The van der Waals surface area contributed by atoms with Gasteiger partial charge in [-0.25, -0.2) is 8.42 Å². The van der Waals surface area contributed by atoms with Gasteiger partial charge in [-0.1, -0.05) is 12.1 Å². The molecule has 0 saturated carbocycles. The Balaban J connectivity index is 1.99. The van der Waals surface area contributed by atoms with Crippen molar-refractivity contribution in [1.82, 2.24) is 19.7 Å². The average Bonchev–Trinajstić information content (AvgIpc) is 2.97. The molecule has 0 saturated heterocycles. The van der Waals surface area contributed by atoms with E-state index in [4.69, 9.17) is 4.52 Å². The maximum absolute atomic E-state index is 12.5. The minimum Gasteiger partial charge on any atom is -0.363 e. The first-order chi connectivity index (χ1) is 9.00. The largest absolute Gasteiger partial charge is 0.363 e. The van der Waals surface area contributed by atoms with Crippen molar-refractivity contribution in [3.63, 3.8) is 0 Å². The first kappa shape index (κ1) is 12.4. The molecule has 0 radical (unpaired) electrons. The summed E-state index contributed by atoms with van der Waals surface area (Å²) in [5.74, 6) is 0.0844. The fraction of sp³-hybridized carbons (Fsp3) is 0.455. The lowest BCUT2D eigenvalue weighted by atomic mass is 10.0. The van der Waals surface area contributed by atoms with E-state index in [1.807, 2.05) is 6.92 Å². The summed E-state index contributed by atoms with van der Waals surface area (Å²) in [5.41, 5.74) is 2.30. The van der Waals surface area contributed by atoms with Gasteiger partial charge in [-0.05, 0) is 6.92 Å². The fourth-order valence-electron chi connectivity index (χ4n) is 2.38. The van der Waals surface area contributed by atoms with Crippen LogP contribution in [0.5, 0.6) is 0 Å². The highest BCUT2D eigenvalue weighted by atomic mass is 32.2. The Bertz CT molecular complexity index is 703. The number of nitrogens with zero attached hydrogens (tertiary/aromatic N) is 3. The van der Waals surface area contributed by atoms with Crippen molar-refractivity contribution in [3.8, 4) is 0 Å². The molecule has 0 amide bonds. The van der Waals surface area contributed by atoms with Gasteiger partial charge in [0.15, 0.2) is 0 Å². The second-order valence-corrected chi connectivity index (χ2v) is 6.68. The van der Waals surface area contributed by atoms with Crippen molar-refractivity contribution >= 4 is 10.0 Å². The van der Waals surface area contributed by atoms with E-state index >= 15 is 0 Å². The first-order valence-corrected chi connectivity index (χ1v) is 7.37. The Morgan fingerprint density at radius 3 is 3.00 bits per heavy atom. The van der Waals surface area contributed by atoms with Crippen LogP contribution >= 0.6 is 0 Å². The minimum atomic E-state index is -3.57. The highest BCUT2D eigenvalue weighted by molar-refractivity contribution is 7.89. The van der Waals surface area contributed by atoms with Crippen LogP contribution in [-0.4, -0.2) is 34.6 Å². The Morgan fingerprint density at radius 2 is 2.32 bits per heavy atom. The Labute approximate surface area is 110 Å². The van der Waals surface area contributed by atoms with Crippen molar-refractivity contribution < 1.29 is 12.9 Å². The second-order valence-electron chi connectivity index (χ2n) is 4.77. The van der Waals surface area contributed by atoms with Crippen LogP contribution in [-0.2, 0) is 16.6 Å². The molecule has 1 atom stereocenters. The Kier molecular flexibility index (Phi) is 2.72. The van der Waals surface area contributed by atoms with Gasteiger partial charge in [0.2, 0.25) is 10.0 Å². The zero-order valence-corrected chi connectivity index (χ0v) is 11.4. The maximum Gasteiger partial charge on any atom is 0.248 e. The number of nitrogens with one attached hydrogen (secondary N) is 1. The van der Waals surface area contributed by atoms with Crippen molar-refractivity contribution in [2.45, 2.75) is 31.2 Å². The predicted octanol–water partition coefficient (Wildman–Crippen LogP) is 1.01. The van der Waals surface area contributed by atoms with E-state index in [9.17, 15) is 8.42 Å². The Hall–Kier alpha value is -1.67. The van der Waals surface area contributed by atoms with Crippen LogP contribution in [0, 0.1) is 6.92 Å². The number of rotatable bonds is 2. The number of aromatic amines is 1. The van der Waals surface area contributed by atoms with E-state index in [2.05, 4.69) is 15.4 Å². The van der Waals surface area contributed by atoms with Gasteiger partial charge in [0.1, 0.15) is 16.9 Å². The van der Waals surface area contributed by atoms with Crippen LogP contribution in [0.4, 0.5) is 0 Å². The van der Waals surface area contributed by atoms with Gasteiger partial charge in [0, 0.05) is 30.3 Å². The maximum atomic E-state index is 12.5. The molecular formula is C11H14N4O3S. The van der Waals surface area contributed by atoms with E-state index in [0.29, 0.717) is 18.8 Å². The lowest BCUT2D eigenvalue weighted by Gasteiger charge is -2.29. The molecule has 1 aliphatic rings. The van der Waals surface area contributed by atoms with Crippen molar-refractivity contribution in [1.29, 1.82) is 0 Å². The highest BCUT2D eigenvalue weighted by Crippen LogP contribution is 2.30. The molecule has 2 aromatic heterocycles. The van der Waals surface area contributed by atoms with Crippen LogP contribution < -0.4 is 0 Å². The fourth-order valence-corrected chi connectivity index (χ4v) is 3.96. The molecule has 0 aromatic carbocycles. The third-order valence-corrected chi connectivity index (χ3v) is 5.30. The SMILES string of the molecule is Cc1nocc1S(=O)(=O)N1Cc2cn[nH]c2C(C)C1. The molecule has 7 nitrogen and oxygen atoms in total. The van der Waals surface area contributed by atoms with Crippen LogP contribution in [0.25, 0.3) is 0 Å². The molecule has 1 unspecified atom stereocenters. The van der Waals surface area contributed by atoms with E-state index in [-0.39, 0.29) is 10.8 Å². The van der Waals surface area contributed by atoms with E-state index in [1.165, 1.54) is 10.6 Å². The first-order valence-electron chi connectivity index (χ1n) is 5.93. The lowest BCUT2D eigenvalue weighted by molar-refractivity contribution is 0.360. The molecule has 8 heteroatoms. The van der Waals surface area contributed by atoms with Gasteiger partial charge in [0.25, 0.3) is 0 Å². The van der Waals surface area contributed by atoms with Crippen LogP contribution in [0.3, 0.4) is 0 Å². The van der Waals surface area contributed by atoms with Gasteiger partial charge in [0.05, 0.1) is 6.20 Å². The van der Waals surface area contributed by atoms with E-state index in [1.54, 1.807) is 13.1 Å². The number of hydrogen-bond donors (Lipinski definition) is 1. The number of aromatic nitrogens is 3. The predicted molar refractivity (Wildman–Crippen MR) is 65.8 cm³/mol. The normalized spacial score (nSPS) is 20.4. The molecule has 2 aromatic rings. The molecular weight excluding hydrogens is 268 g/mol. The monoisotopic (exact) mass is 282 g/mol. The van der Waals surface area contributed by atoms with Crippen LogP contribution in [0.15, 0.2) is 21.9 Å². The summed E-state index contributed by atoms with van der Waals surface area (Å²) in [7, 11) is -3.57. The summed E-state index contributed by atoms with van der Waals surface area (Å²) in [4.78, 5) is 0.131. The number of aryl methyl sites for hydroxylation is 1. The average molecular weight is 282 g/mol. The van der Waals surface area contributed by atoms with Gasteiger partial charge in [-0.15, -0.1) is 0 Å². The molecule has 3 rings (SSSR count). The van der Waals surface area contributed by atoms with Crippen LogP contribution in [0.2, 0.25) is 0 Å². The molecule has 0 aliphatic carbocycles. The zero-order valence-electron chi connectivity index (χ0n) is 10.6. The topological polar surface area (TPSA) is 92.1 Å². The van der Waals surface area contributed by atoms with Gasteiger partial charge < -0.3 is 4.52 Å². The van der Waals surface area contributed by atoms with Crippen molar-refractivity contribution in [3.05, 3.63) is 29.4 Å². The molecule has 0 fully saturated rings. The zero-order chi connectivity index (χ0) is 13.6. The number of H-pyrrole nitrogens is 1. The smallest absolute Gasteiger partial charge is 0.248 e. The van der Waals surface area contributed by atoms with Crippen molar-refractivity contribution in [2.75, 3.05) is 6.54 Å². The summed E-state index contributed by atoms with van der Waals surface area (Å²) in [6.45, 7) is 4.33. The molecule has 1 aliphatic heterocycles. The van der Waals surface area contributed by atoms with Gasteiger partial charge >= 0.3 is 0 Å². The standard InChI is InChI=1S/C11H14N4O3S/c1-7-4-15(5-9-3-12-13-11(7)9)19(16,17)10-6-18-14-8(10)2/h3,6-7H,4-5H2,1-2H3,(H,12,13). The van der Waals surface area contributed by atoms with Gasteiger partial charge in [-0.2, -0.15) is 9.40 Å². The molecule has 1 N–H and O–H groups in total. The second kappa shape index (κ2) is 4.17. The summed E-state index contributed by atoms with van der Waals surface area (Å²) >= 11 is 0. The summed E-state index contributed by atoms with van der Waals surface area (Å²) in [6, 6.07) is 0. The number of fused-ring (bicyclic) bond motifs is 1. The van der Waals surface area contributed by atoms with Gasteiger partial charge in [-0.3, -0.25) is 5.10 Å². The molecule has 19 heavy (non-hydrogen) atoms. The third kappa shape index (κ3) is 1.87. The molecule has 0 spiro atoms. The Morgan fingerprint density at radius 1 is 1.53 bits per heavy atom. The third-order valence-electron chi connectivity index (χ3n) is 3.39. The summed E-state index contributed by atoms with van der Waals surface area (Å²) in [6.07, 6.45) is 2.86. The molecule has 3 heterocycles. The molecule has 102 valence electrons. The van der Waals surface area contributed by atoms with Crippen LogP contribution in [0.1, 0.15) is 29.8 Å². The summed E-state index contributed by atoms with van der Waals surface area (Å²) in [5, 5.41) is 10.5. The number of sulfonamides is 1. The van der Waals surface area contributed by atoms with Crippen molar-refractivity contribution in [2.24, 2.45) is 0 Å². The lowest BCUT2D eigenvalue weighted by Crippen LogP contribution is -2.37. The highest BCUT2D eigenvalue weighted by Gasteiger charge is 2.34.